The van der Waals surface area contributed by atoms with E-state index in [0.717, 1.165) is 36.2 Å². The van der Waals surface area contributed by atoms with Crippen molar-refractivity contribution in [3.05, 3.63) is 35.7 Å². The summed E-state index contributed by atoms with van der Waals surface area (Å²) in [5, 5.41) is 3.09. The minimum Gasteiger partial charge on any atom is -0.346 e. The van der Waals surface area contributed by atoms with Gasteiger partial charge in [-0.2, -0.15) is 0 Å². The van der Waals surface area contributed by atoms with E-state index in [2.05, 4.69) is 10.3 Å². The monoisotopic (exact) mass is 216 g/mol. The molecule has 0 aliphatic heterocycles. The van der Waals surface area contributed by atoms with Gasteiger partial charge in [-0.3, -0.25) is 4.79 Å². The van der Waals surface area contributed by atoms with Crippen LogP contribution in [0.3, 0.4) is 0 Å². The van der Waals surface area contributed by atoms with Crippen molar-refractivity contribution >= 4 is 11.6 Å². The van der Waals surface area contributed by atoms with Gasteiger partial charge < -0.3 is 5.32 Å². The van der Waals surface area contributed by atoms with Crippen molar-refractivity contribution in [1.29, 1.82) is 0 Å². The van der Waals surface area contributed by atoms with E-state index in [1.54, 1.807) is 6.20 Å². The largest absolute Gasteiger partial charge is 0.346 e. The summed E-state index contributed by atoms with van der Waals surface area (Å²) in [5.74, 6) is 1.07. The minimum atomic E-state index is 0.270. The molecule has 1 saturated carbocycles. The molecule has 16 heavy (non-hydrogen) atoms. The number of ketones is 1. The normalized spacial score (nSPS) is 18.8. The van der Waals surface area contributed by atoms with Crippen LogP contribution in [0.5, 0.6) is 0 Å². The Morgan fingerprint density at radius 2 is 2.19 bits per heavy atom. The van der Waals surface area contributed by atoms with Gasteiger partial charge in [-0.25, -0.2) is 4.98 Å². The maximum atomic E-state index is 11.6. The van der Waals surface area contributed by atoms with Gasteiger partial charge in [0.1, 0.15) is 5.82 Å². The highest BCUT2D eigenvalue weighted by molar-refractivity contribution is 5.96. The first kappa shape index (κ1) is 10.9. The number of rotatable bonds is 2. The predicted octanol–water partition coefficient (Wildman–Crippen LogP) is 2.83. The van der Waals surface area contributed by atoms with Crippen LogP contribution in [-0.2, 0) is 4.79 Å². The third-order valence-corrected chi connectivity index (χ3v) is 2.77. The zero-order valence-electron chi connectivity index (χ0n) is 9.49. The molecule has 0 spiro atoms. The van der Waals surface area contributed by atoms with Crippen LogP contribution in [0.4, 0.5) is 5.82 Å². The Labute approximate surface area is 95.6 Å². The Morgan fingerprint density at radius 1 is 1.38 bits per heavy atom. The van der Waals surface area contributed by atoms with Gasteiger partial charge >= 0.3 is 0 Å². The van der Waals surface area contributed by atoms with Crippen LogP contribution < -0.4 is 5.32 Å². The summed E-state index contributed by atoms with van der Waals surface area (Å²) < 4.78 is 0. The molecule has 3 nitrogen and oxygen atoms in total. The topological polar surface area (TPSA) is 42.0 Å². The summed E-state index contributed by atoms with van der Waals surface area (Å²) in [4.78, 5) is 15.7. The van der Waals surface area contributed by atoms with E-state index in [1.165, 1.54) is 0 Å². The molecule has 84 valence electrons. The summed E-state index contributed by atoms with van der Waals surface area (Å²) >= 11 is 0. The summed E-state index contributed by atoms with van der Waals surface area (Å²) in [6.07, 6.45) is 7.29. The second kappa shape index (κ2) is 4.92. The van der Waals surface area contributed by atoms with Crippen molar-refractivity contribution < 1.29 is 4.79 Å². The molecular weight excluding hydrogens is 200 g/mol. The van der Waals surface area contributed by atoms with E-state index < -0.39 is 0 Å². The highest BCUT2D eigenvalue weighted by atomic mass is 16.1. The number of nitrogens with zero attached hydrogens (tertiary/aromatic N) is 1. The molecule has 1 aliphatic carbocycles. The van der Waals surface area contributed by atoms with Gasteiger partial charge in [-0.1, -0.05) is 0 Å². The first-order valence-corrected chi connectivity index (χ1v) is 5.67. The molecule has 0 aromatic carbocycles. The van der Waals surface area contributed by atoms with E-state index >= 15 is 0 Å². The fourth-order valence-corrected chi connectivity index (χ4v) is 1.83. The lowest BCUT2D eigenvalue weighted by molar-refractivity contribution is -0.116. The van der Waals surface area contributed by atoms with E-state index in [1.807, 2.05) is 25.3 Å². The molecule has 0 unspecified atom stereocenters. The molecule has 0 atom stereocenters. The van der Waals surface area contributed by atoms with Gasteiger partial charge in [0.25, 0.3) is 0 Å². The van der Waals surface area contributed by atoms with Crippen LogP contribution in [0, 0.1) is 6.92 Å². The van der Waals surface area contributed by atoms with Gasteiger partial charge in [0.15, 0.2) is 5.78 Å². The third-order valence-electron chi connectivity index (χ3n) is 2.77. The van der Waals surface area contributed by atoms with Gasteiger partial charge in [0.2, 0.25) is 0 Å². The predicted molar refractivity (Wildman–Crippen MR) is 64.2 cm³/mol. The molecule has 1 aromatic rings. The molecule has 0 saturated heterocycles. The van der Waals surface area contributed by atoms with E-state index in [-0.39, 0.29) is 5.78 Å². The SMILES string of the molecule is Cc1ccnc(N/C=C2/CCCCC2=O)c1. The Hall–Kier alpha value is -1.64. The van der Waals surface area contributed by atoms with Crippen molar-refractivity contribution in [3.8, 4) is 0 Å². The lowest BCUT2D eigenvalue weighted by atomic mass is 9.94. The standard InChI is InChI=1S/C13H16N2O/c1-10-6-7-14-13(8-10)15-9-11-4-2-3-5-12(11)16/h6-9H,2-5H2,1H3,(H,14,15)/b11-9-. The van der Waals surface area contributed by atoms with E-state index in [9.17, 15) is 4.79 Å². The minimum absolute atomic E-state index is 0.270. The number of Topliss-reactive ketones (excluding diaryl/α,β-unsaturated/α-hetero) is 1. The number of nitrogens with one attached hydrogen (secondary N) is 1. The lowest BCUT2D eigenvalue weighted by Crippen LogP contribution is -2.10. The number of anilines is 1. The molecule has 1 aliphatic rings. The molecule has 1 fully saturated rings. The second-order valence-electron chi connectivity index (χ2n) is 4.16. The van der Waals surface area contributed by atoms with E-state index in [0.29, 0.717) is 6.42 Å². The molecule has 0 bridgehead atoms. The second-order valence-corrected chi connectivity index (χ2v) is 4.16. The first-order chi connectivity index (χ1) is 7.75. The zero-order chi connectivity index (χ0) is 11.4. The summed E-state index contributed by atoms with van der Waals surface area (Å²) in [5.41, 5.74) is 2.06. The average molecular weight is 216 g/mol. The molecule has 1 aromatic heterocycles. The average Bonchev–Trinajstić information content (AvgIpc) is 2.28. The number of hydrogen-bond donors (Lipinski definition) is 1. The van der Waals surface area contributed by atoms with Crippen molar-refractivity contribution in [2.45, 2.75) is 32.6 Å². The molecular formula is C13H16N2O. The summed E-state index contributed by atoms with van der Waals surface area (Å²) in [6, 6.07) is 3.91. The Morgan fingerprint density at radius 3 is 2.94 bits per heavy atom. The Balaban J connectivity index is 2.05. The van der Waals surface area contributed by atoms with E-state index in [4.69, 9.17) is 0 Å². The van der Waals surface area contributed by atoms with Crippen LogP contribution in [-0.4, -0.2) is 10.8 Å². The highest BCUT2D eigenvalue weighted by Crippen LogP contribution is 2.19. The van der Waals surface area contributed by atoms with Gasteiger partial charge in [-0.15, -0.1) is 0 Å². The van der Waals surface area contributed by atoms with Crippen LogP contribution >= 0.6 is 0 Å². The van der Waals surface area contributed by atoms with Crippen molar-refractivity contribution in [2.24, 2.45) is 0 Å². The third kappa shape index (κ3) is 2.69. The maximum absolute atomic E-state index is 11.6. The molecule has 0 radical (unpaired) electrons. The van der Waals surface area contributed by atoms with Crippen LogP contribution in [0.25, 0.3) is 0 Å². The lowest BCUT2D eigenvalue weighted by Gasteiger charge is -2.12. The van der Waals surface area contributed by atoms with Crippen LogP contribution in [0.15, 0.2) is 30.1 Å². The number of hydrogen-bond acceptors (Lipinski definition) is 3. The number of allylic oxidation sites excluding steroid dienone is 1. The molecule has 2 rings (SSSR count). The van der Waals surface area contributed by atoms with Gasteiger partial charge in [0.05, 0.1) is 0 Å². The molecule has 1 N–H and O–H groups in total. The number of aromatic nitrogens is 1. The number of aryl methyl sites for hydroxylation is 1. The number of carbonyl (C=O) groups is 1. The first-order valence-electron chi connectivity index (χ1n) is 5.67. The number of carbonyl (C=O) groups excluding carboxylic acids is 1. The van der Waals surface area contributed by atoms with Gasteiger partial charge in [0, 0.05) is 24.4 Å². The Bertz CT molecular complexity index is 424. The Kier molecular flexibility index (Phi) is 3.34. The summed E-state index contributed by atoms with van der Waals surface area (Å²) in [7, 11) is 0. The quantitative estimate of drug-likeness (QED) is 0.773. The van der Waals surface area contributed by atoms with Crippen LogP contribution in [0.2, 0.25) is 0 Å². The van der Waals surface area contributed by atoms with Crippen molar-refractivity contribution in [3.63, 3.8) is 0 Å². The maximum Gasteiger partial charge on any atom is 0.160 e. The van der Waals surface area contributed by atoms with Crippen molar-refractivity contribution in [1.82, 2.24) is 4.98 Å². The van der Waals surface area contributed by atoms with Crippen LogP contribution in [0.1, 0.15) is 31.2 Å². The molecule has 1 heterocycles. The molecule has 0 amide bonds. The summed E-state index contributed by atoms with van der Waals surface area (Å²) in [6.45, 7) is 2.02. The zero-order valence-corrected chi connectivity index (χ0v) is 9.49. The highest BCUT2D eigenvalue weighted by Gasteiger charge is 2.14. The molecule has 3 heteroatoms. The number of pyridine rings is 1. The van der Waals surface area contributed by atoms with Crippen molar-refractivity contribution in [2.75, 3.05) is 5.32 Å². The fraction of sp³-hybridized carbons (Fsp3) is 0.385. The van der Waals surface area contributed by atoms with Gasteiger partial charge in [-0.05, 0) is 43.9 Å². The smallest absolute Gasteiger partial charge is 0.160 e. The fourth-order valence-electron chi connectivity index (χ4n) is 1.83.